The van der Waals surface area contributed by atoms with E-state index in [1.54, 1.807) is 7.11 Å². The van der Waals surface area contributed by atoms with Crippen molar-refractivity contribution in [2.75, 3.05) is 7.11 Å². The van der Waals surface area contributed by atoms with Gasteiger partial charge in [-0.3, -0.25) is 0 Å². The summed E-state index contributed by atoms with van der Waals surface area (Å²) >= 11 is 0. The average Bonchev–Trinajstić information content (AvgIpc) is 1.68. The summed E-state index contributed by atoms with van der Waals surface area (Å²) in [6.45, 7) is 3.84. The molecule has 0 aliphatic rings. The molecule has 0 radical (unpaired) electrons. The van der Waals surface area contributed by atoms with Crippen LogP contribution in [0, 0.1) is 0 Å². The van der Waals surface area contributed by atoms with Crippen molar-refractivity contribution in [3.63, 3.8) is 0 Å². The molecule has 0 aliphatic carbocycles. The van der Waals surface area contributed by atoms with Gasteiger partial charge in [0.15, 0.2) is 0 Å². The molecule has 0 aromatic rings. The molecular formula is C5H13NO. The Labute approximate surface area is 44.7 Å². The van der Waals surface area contributed by atoms with Gasteiger partial charge in [-0.1, -0.05) is 6.92 Å². The van der Waals surface area contributed by atoms with E-state index in [0.717, 1.165) is 6.42 Å². The second-order valence-corrected chi connectivity index (χ2v) is 1.87. The first kappa shape index (κ1) is 6.92. The summed E-state index contributed by atoms with van der Waals surface area (Å²) in [5, 5.41) is 0. The maximum atomic E-state index is 5.49. The van der Waals surface area contributed by atoms with Crippen molar-refractivity contribution in [3.8, 4) is 0 Å². The lowest BCUT2D eigenvalue weighted by Crippen LogP contribution is -2.36. The molecule has 0 heterocycles. The van der Waals surface area contributed by atoms with Gasteiger partial charge in [-0.15, -0.1) is 0 Å². The monoisotopic (exact) mass is 103 g/mol. The van der Waals surface area contributed by atoms with Crippen molar-refractivity contribution in [2.45, 2.75) is 26.0 Å². The zero-order valence-electron chi connectivity index (χ0n) is 5.19. The smallest absolute Gasteiger partial charge is 0.113 e. The van der Waals surface area contributed by atoms with Crippen LogP contribution in [0.3, 0.4) is 0 Å². The Balaban J connectivity index is 3.36. The third kappa shape index (κ3) is 2.60. The van der Waals surface area contributed by atoms with E-state index in [2.05, 4.69) is 0 Å². The summed E-state index contributed by atoms with van der Waals surface area (Å²) in [6.07, 6.45) is 0.851. The van der Waals surface area contributed by atoms with E-state index in [4.69, 9.17) is 10.5 Å². The highest BCUT2D eigenvalue weighted by molar-refractivity contribution is 4.60. The molecule has 1 atom stereocenters. The van der Waals surface area contributed by atoms with Crippen molar-refractivity contribution in [1.29, 1.82) is 0 Å². The maximum absolute atomic E-state index is 5.49. The number of rotatable bonds is 2. The van der Waals surface area contributed by atoms with Crippen LogP contribution in [0.15, 0.2) is 0 Å². The van der Waals surface area contributed by atoms with Gasteiger partial charge in [0.25, 0.3) is 0 Å². The molecule has 0 bridgehead atoms. The van der Waals surface area contributed by atoms with Crippen molar-refractivity contribution in [1.82, 2.24) is 0 Å². The fourth-order valence-electron chi connectivity index (χ4n) is 0.144. The molecule has 0 saturated heterocycles. The summed E-state index contributed by atoms with van der Waals surface area (Å²) < 4.78 is 4.86. The van der Waals surface area contributed by atoms with Crippen molar-refractivity contribution in [3.05, 3.63) is 0 Å². The summed E-state index contributed by atoms with van der Waals surface area (Å²) in [5.41, 5.74) is 5.08. The quantitative estimate of drug-likeness (QED) is 0.522. The highest BCUT2D eigenvalue weighted by atomic mass is 16.5. The van der Waals surface area contributed by atoms with Crippen LogP contribution < -0.4 is 5.73 Å². The average molecular weight is 103 g/mol. The lowest BCUT2D eigenvalue weighted by atomic mass is 10.2. The molecule has 0 rings (SSSR count). The third-order valence-electron chi connectivity index (χ3n) is 1.17. The second-order valence-electron chi connectivity index (χ2n) is 1.87. The maximum Gasteiger partial charge on any atom is 0.113 e. The van der Waals surface area contributed by atoms with Crippen molar-refractivity contribution < 1.29 is 4.74 Å². The standard InChI is InChI=1S/C5H13NO/c1-4-5(2,6)7-3/h4,6H2,1-3H3/t5-/m0/s1. The number of ether oxygens (including phenoxy) is 1. The minimum atomic E-state index is -0.417. The Bertz CT molecular complexity index is 46.0. The fraction of sp³-hybridized carbons (Fsp3) is 1.00. The lowest BCUT2D eigenvalue weighted by molar-refractivity contribution is 0.00857. The molecule has 0 aliphatic heterocycles. The van der Waals surface area contributed by atoms with Crippen LogP contribution in [-0.4, -0.2) is 12.8 Å². The first-order chi connectivity index (χ1) is 3.12. The first-order valence-corrected chi connectivity index (χ1v) is 2.46. The molecule has 7 heavy (non-hydrogen) atoms. The van der Waals surface area contributed by atoms with Crippen LogP contribution in [0.2, 0.25) is 0 Å². The Morgan fingerprint density at radius 1 is 1.71 bits per heavy atom. The van der Waals surface area contributed by atoms with Crippen LogP contribution >= 0.6 is 0 Å². The van der Waals surface area contributed by atoms with Gasteiger partial charge >= 0.3 is 0 Å². The largest absolute Gasteiger partial charge is 0.364 e. The van der Waals surface area contributed by atoms with Crippen LogP contribution in [0.5, 0.6) is 0 Å². The fourth-order valence-corrected chi connectivity index (χ4v) is 0.144. The molecule has 0 saturated carbocycles. The van der Waals surface area contributed by atoms with Gasteiger partial charge < -0.3 is 10.5 Å². The summed E-state index contributed by atoms with van der Waals surface area (Å²) in [7, 11) is 1.61. The molecule has 44 valence electrons. The van der Waals surface area contributed by atoms with Gasteiger partial charge in [0, 0.05) is 7.11 Å². The highest BCUT2D eigenvalue weighted by Gasteiger charge is 2.11. The molecular weight excluding hydrogens is 90.1 g/mol. The van der Waals surface area contributed by atoms with E-state index >= 15 is 0 Å². The number of hydrogen-bond acceptors (Lipinski definition) is 2. The molecule has 0 aromatic heterocycles. The van der Waals surface area contributed by atoms with Gasteiger partial charge in [0.1, 0.15) is 5.72 Å². The topological polar surface area (TPSA) is 35.2 Å². The van der Waals surface area contributed by atoms with E-state index in [1.807, 2.05) is 13.8 Å². The number of nitrogens with two attached hydrogens (primary N) is 1. The van der Waals surface area contributed by atoms with Gasteiger partial charge in [-0.05, 0) is 13.3 Å². The van der Waals surface area contributed by atoms with Gasteiger partial charge in [-0.2, -0.15) is 0 Å². The van der Waals surface area contributed by atoms with Gasteiger partial charge in [0.05, 0.1) is 0 Å². The summed E-state index contributed by atoms with van der Waals surface area (Å²) in [5.74, 6) is 0. The highest BCUT2D eigenvalue weighted by Crippen LogP contribution is 2.02. The minimum Gasteiger partial charge on any atom is -0.364 e. The third-order valence-corrected chi connectivity index (χ3v) is 1.17. The van der Waals surface area contributed by atoms with E-state index in [-0.39, 0.29) is 0 Å². The zero-order chi connectivity index (χ0) is 5.91. The molecule has 0 aromatic carbocycles. The summed E-state index contributed by atoms with van der Waals surface area (Å²) in [6, 6.07) is 0. The SMILES string of the molecule is CC[C@@](C)(N)OC. The van der Waals surface area contributed by atoms with E-state index in [0.29, 0.717) is 0 Å². The molecule has 2 nitrogen and oxygen atoms in total. The zero-order valence-corrected chi connectivity index (χ0v) is 5.19. The van der Waals surface area contributed by atoms with E-state index < -0.39 is 5.72 Å². The predicted octanol–water partition coefficient (Wildman–Crippen LogP) is 0.718. The molecule has 0 unspecified atom stereocenters. The molecule has 0 amide bonds. The molecule has 0 fully saturated rings. The summed E-state index contributed by atoms with van der Waals surface area (Å²) in [4.78, 5) is 0. The molecule has 2 N–H and O–H groups in total. The number of methoxy groups -OCH3 is 1. The first-order valence-electron chi connectivity index (χ1n) is 2.46. The van der Waals surface area contributed by atoms with Crippen LogP contribution in [0.1, 0.15) is 20.3 Å². The minimum absolute atomic E-state index is 0.417. The predicted molar refractivity (Wildman–Crippen MR) is 29.9 cm³/mol. The van der Waals surface area contributed by atoms with Crippen molar-refractivity contribution in [2.24, 2.45) is 5.73 Å². The Morgan fingerprint density at radius 3 is 2.14 bits per heavy atom. The Hall–Kier alpha value is -0.0800. The van der Waals surface area contributed by atoms with Crippen molar-refractivity contribution >= 4 is 0 Å². The lowest BCUT2D eigenvalue weighted by Gasteiger charge is -2.19. The van der Waals surface area contributed by atoms with Gasteiger partial charge in [-0.25, -0.2) is 0 Å². The molecule has 2 heteroatoms. The Morgan fingerprint density at radius 2 is 2.14 bits per heavy atom. The Kier molecular flexibility index (Phi) is 2.26. The van der Waals surface area contributed by atoms with Crippen LogP contribution in [0.25, 0.3) is 0 Å². The number of hydrogen-bond donors (Lipinski definition) is 1. The van der Waals surface area contributed by atoms with E-state index in [1.165, 1.54) is 0 Å². The molecule has 0 spiro atoms. The van der Waals surface area contributed by atoms with Crippen LogP contribution in [-0.2, 0) is 4.74 Å². The van der Waals surface area contributed by atoms with Crippen LogP contribution in [0.4, 0.5) is 0 Å². The second kappa shape index (κ2) is 2.28. The van der Waals surface area contributed by atoms with Gasteiger partial charge in [0.2, 0.25) is 0 Å². The van der Waals surface area contributed by atoms with E-state index in [9.17, 15) is 0 Å². The normalized spacial score (nSPS) is 18.9.